The Morgan fingerprint density at radius 1 is 1.09 bits per heavy atom. The molecule has 1 atom stereocenters. The molecule has 0 unspecified atom stereocenters. The molecule has 33 heavy (non-hydrogen) atoms. The van der Waals surface area contributed by atoms with Crippen LogP contribution in [0.25, 0.3) is 0 Å². The van der Waals surface area contributed by atoms with E-state index in [1.54, 1.807) is 12.1 Å². The lowest BCUT2D eigenvalue weighted by Gasteiger charge is -2.37. The first-order chi connectivity index (χ1) is 15.7. The van der Waals surface area contributed by atoms with Crippen LogP contribution in [0.4, 0.5) is 5.69 Å². The molecule has 8 nitrogen and oxygen atoms in total. The average Bonchev–Trinajstić information content (AvgIpc) is 2.81. The van der Waals surface area contributed by atoms with Gasteiger partial charge in [-0.3, -0.25) is 14.6 Å². The number of carbonyl (C=O) groups excluding carboxylic acids is 1. The Hall–Kier alpha value is -2.46. The molecule has 2 aromatic rings. The summed E-state index contributed by atoms with van der Waals surface area (Å²) in [5.74, 6) is 0.734. The number of rotatable bonds is 9. The number of nitrogens with zero attached hydrogens (tertiary/aromatic N) is 3. The molecule has 0 radical (unpaired) electrons. The van der Waals surface area contributed by atoms with Gasteiger partial charge in [0.05, 0.1) is 10.9 Å². The fourth-order valence-electron chi connectivity index (χ4n) is 3.69. The first kappa shape index (κ1) is 25.2. The van der Waals surface area contributed by atoms with E-state index >= 15 is 0 Å². The summed E-state index contributed by atoms with van der Waals surface area (Å²) in [7, 11) is -0.590. The van der Waals surface area contributed by atoms with Gasteiger partial charge in [-0.05, 0) is 43.7 Å². The lowest BCUT2D eigenvalue weighted by molar-refractivity contribution is -0.121. The molecule has 0 aliphatic carbocycles. The highest BCUT2D eigenvalue weighted by Gasteiger charge is 2.26. The van der Waals surface area contributed by atoms with Gasteiger partial charge in [-0.25, -0.2) is 12.7 Å². The van der Waals surface area contributed by atoms with E-state index in [-0.39, 0.29) is 16.8 Å². The molecule has 9 heteroatoms. The molecule has 1 amide bonds. The lowest BCUT2D eigenvalue weighted by atomic mass is 10.1. The molecule has 1 aliphatic rings. The zero-order valence-electron chi connectivity index (χ0n) is 19.8. The topological polar surface area (TPSA) is 82.2 Å². The van der Waals surface area contributed by atoms with Crippen LogP contribution in [-0.2, 0) is 14.8 Å². The molecule has 0 aromatic heterocycles. The molecule has 3 rings (SSSR count). The number of hydrogen-bond donors (Lipinski definition) is 1. The van der Waals surface area contributed by atoms with Crippen LogP contribution in [0.2, 0.25) is 0 Å². The Bertz CT molecular complexity index is 1040. The van der Waals surface area contributed by atoms with Crippen molar-refractivity contribution < 1.29 is 17.9 Å². The van der Waals surface area contributed by atoms with Crippen molar-refractivity contribution in [2.75, 3.05) is 58.7 Å². The number of anilines is 1. The number of benzene rings is 2. The predicted octanol–water partition coefficient (Wildman–Crippen LogP) is 2.27. The van der Waals surface area contributed by atoms with E-state index < -0.39 is 10.0 Å². The number of ether oxygens (including phenoxy) is 1. The third kappa shape index (κ3) is 6.54. The van der Waals surface area contributed by atoms with Gasteiger partial charge in [0.1, 0.15) is 12.4 Å². The monoisotopic (exact) mass is 474 g/mol. The summed E-state index contributed by atoms with van der Waals surface area (Å²) in [5, 5.41) is 2.93. The standard InChI is InChI=1S/C24H34N4O4S/c1-19-10-11-22(33(30,31)26(3)4)18-23(19)25-24(29)20(2)28-14-12-27(13-15-28)16-17-32-21-8-6-5-7-9-21/h5-11,18,20H,12-17H2,1-4H3,(H,25,29)/t20-/m1/s1. The quantitative estimate of drug-likeness (QED) is 0.601. The maximum absolute atomic E-state index is 12.9. The average molecular weight is 475 g/mol. The van der Waals surface area contributed by atoms with Gasteiger partial charge < -0.3 is 10.1 Å². The van der Waals surface area contributed by atoms with Crippen LogP contribution in [0.5, 0.6) is 5.75 Å². The van der Waals surface area contributed by atoms with Gasteiger partial charge in [-0.15, -0.1) is 0 Å². The van der Waals surface area contributed by atoms with Crippen LogP contribution in [-0.4, -0.2) is 87.9 Å². The van der Waals surface area contributed by atoms with E-state index in [1.165, 1.54) is 20.2 Å². The van der Waals surface area contributed by atoms with E-state index in [9.17, 15) is 13.2 Å². The summed E-state index contributed by atoms with van der Waals surface area (Å²) in [6.45, 7) is 8.52. The number of hydrogen-bond acceptors (Lipinski definition) is 6. The van der Waals surface area contributed by atoms with Gasteiger partial charge >= 0.3 is 0 Å². The second kappa shape index (κ2) is 11.1. The predicted molar refractivity (Wildman–Crippen MR) is 130 cm³/mol. The van der Waals surface area contributed by atoms with Crippen LogP contribution in [0.3, 0.4) is 0 Å². The number of carbonyl (C=O) groups is 1. The molecule has 0 bridgehead atoms. The van der Waals surface area contributed by atoms with E-state index in [0.717, 1.165) is 48.3 Å². The molecule has 0 spiro atoms. The van der Waals surface area contributed by atoms with Crippen LogP contribution < -0.4 is 10.1 Å². The van der Waals surface area contributed by atoms with Crippen molar-refractivity contribution in [3.05, 3.63) is 54.1 Å². The van der Waals surface area contributed by atoms with Crippen molar-refractivity contribution in [3.8, 4) is 5.75 Å². The van der Waals surface area contributed by atoms with E-state index in [4.69, 9.17) is 4.74 Å². The highest BCUT2D eigenvalue weighted by Crippen LogP contribution is 2.22. The third-order valence-corrected chi connectivity index (χ3v) is 7.81. The minimum absolute atomic E-state index is 0.140. The Kier molecular flexibility index (Phi) is 8.47. The number of sulfonamides is 1. The maximum atomic E-state index is 12.9. The smallest absolute Gasteiger partial charge is 0.242 e. The highest BCUT2D eigenvalue weighted by molar-refractivity contribution is 7.89. The molecule has 1 N–H and O–H groups in total. The van der Waals surface area contributed by atoms with Crippen LogP contribution in [0, 0.1) is 6.92 Å². The number of aryl methyl sites for hydroxylation is 1. The molecule has 2 aromatic carbocycles. The number of piperazine rings is 1. The summed E-state index contributed by atoms with van der Waals surface area (Å²) in [6, 6.07) is 14.3. The normalized spacial score (nSPS) is 16.5. The molecule has 1 heterocycles. The van der Waals surface area contributed by atoms with Crippen LogP contribution >= 0.6 is 0 Å². The minimum Gasteiger partial charge on any atom is -0.492 e. The summed E-state index contributed by atoms with van der Waals surface area (Å²) < 4.78 is 31.8. The number of amides is 1. The number of nitrogens with one attached hydrogen (secondary N) is 1. The first-order valence-electron chi connectivity index (χ1n) is 11.2. The third-order valence-electron chi connectivity index (χ3n) is 6.00. The Labute approximate surface area is 197 Å². The lowest BCUT2D eigenvalue weighted by Crippen LogP contribution is -2.53. The van der Waals surface area contributed by atoms with Crippen LogP contribution in [0.15, 0.2) is 53.4 Å². The Morgan fingerprint density at radius 2 is 1.76 bits per heavy atom. The number of para-hydroxylation sites is 1. The van der Waals surface area contributed by atoms with Gasteiger partial charge in [-0.1, -0.05) is 24.3 Å². The molecular formula is C24H34N4O4S. The SMILES string of the molecule is Cc1ccc(S(=O)(=O)N(C)C)cc1NC(=O)[C@@H](C)N1CCN(CCOc2ccccc2)CC1. The van der Waals surface area contributed by atoms with E-state index in [0.29, 0.717) is 12.3 Å². The van der Waals surface area contributed by atoms with Crippen molar-refractivity contribution in [3.63, 3.8) is 0 Å². The summed E-state index contributed by atoms with van der Waals surface area (Å²) >= 11 is 0. The molecule has 1 saturated heterocycles. The van der Waals surface area contributed by atoms with Gasteiger partial charge in [-0.2, -0.15) is 0 Å². The largest absolute Gasteiger partial charge is 0.492 e. The van der Waals surface area contributed by atoms with Crippen molar-refractivity contribution in [1.29, 1.82) is 0 Å². The van der Waals surface area contributed by atoms with Crippen LogP contribution in [0.1, 0.15) is 12.5 Å². The van der Waals surface area contributed by atoms with Crippen molar-refractivity contribution >= 4 is 21.6 Å². The highest BCUT2D eigenvalue weighted by atomic mass is 32.2. The van der Waals surface area contributed by atoms with Crippen molar-refractivity contribution in [1.82, 2.24) is 14.1 Å². The molecule has 1 fully saturated rings. The van der Waals surface area contributed by atoms with Gasteiger partial charge in [0.25, 0.3) is 0 Å². The molecule has 180 valence electrons. The summed E-state index contributed by atoms with van der Waals surface area (Å²) in [5.41, 5.74) is 1.34. The molecular weight excluding hydrogens is 440 g/mol. The van der Waals surface area contributed by atoms with E-state index in [1.807, 2.05) is 44.2 Å². The molecule has 0 saturated carbocycles. The minimum atomic E-state index is -3.57. The molecule has 1 aliphatic heterocycles. The maximum Gasteiger partial charge on any atom is 0.242 e. The van der Waals surface area contributed by atoms with E-state index in [2.05, 4.69) is 15.1 Å². The summed E-state index contributed by atoms with van der Waals surface area (Å²) in [4.78, 5) is 17.6. The Balaban J connectivity index is 1.51. The van der Waals surface area contributed by atoms with Crippen molar-refractivity contribution in [2.45, 2.75) is 24.8 Å². The zero-order chi connectivity index (χ0) is 24.0. The zero-order valence-corrected chi connectivity index (χ0v) is 20.6. The van der Waals surface area contributed by atoms with Gasteiger partial charge in [0.2, 0.25) is 15.9 Å². The second-order valence-electron chi connectivity index (χ2n) is 8.47. The van der Waals surface area contributed by atoms with Gasteiger partial charge in [0, 0.05) is 52.5 Å². The first-order valence-corrected chi connectivity index (χ1v) is 12.6. The fourth-order valence-corrected chi connectivity index (χ4v) is 4.62. The van der Waals surface area contributed by atoms with Gasteiger partial charge in [0.15, 0.2) is 0 Å². The second-order valence-corrected chi connectivity index (χ2v) is 10.6. The van der Waals surface area contributed by atoms with Crippen molar-refractivity contribution in [2.24, 2.45) is 0 Å². The Morgan fingerprint density at radius 3 is 2.39 bits per heavy atom. The fraction of sp³-hybridized carbons (Fsp3) is 0.458. The summed E-state index contributed by atoms with van der Waals surface area (Å²) in [6.07, 6.45) is 0.